The number of benzene rings is 1. The zero-order valence-electron chi connectivity index (χ0n) is 9.58. The van der Waals surface area contributed by atoms with E-state index in [4.69, 9.17) is 5.11 Å². The molecule has 2 rings (SSSR count). The second-order valence-corrected chi connectivity index (χ2v) is 4.49. The van der Waals surface area contributed by atoms with Gasteiger partial charge in [0.15, 0.2) is 0 Å². The van der Waals surface area contributed by atoms with E-state index in [0.717, 1.165) is 31.7 Å². The molecule has 0 aliphatic heterocycles. The first-order valence-corrected chi connectivity index (χ1v) is 5.96. The molecule has 1 aromatic rings. The second-order valence-electron chi connectivity index (χ2n) is 4.49. The van der Waals surface area contributed by atoms with Crippen molar-refractivity contribution in [3.05, 3.63) is 24.0 Å². The Bertz CT molecular complexity index is 414. The van der Waals surface area contributed by atoms with Crippen LogP contribution in [0.25, 0.3) is 0 Å². The smallest absolute Gasteiger partial charge is 0.227 e. The number of nitrogens with one attached hydrogen (secondary N) is 1. The van der Waals surface area contributed by atoms with Crippen LogP contribution in [-0.2, 0) is 4.79 Å². The summed E-state index contributed by atoms with van der Waals surface area (Å²) in [4.78, 5) is 11.9. The monoisotopic (exact) mass is 237 g/mol. The highest BCUT2D eigenvalue weighted by Crippen LogP contribution is 2.26. The molecule has 1 fully saturated rings. The van der Waals surface area contributed by atoms with E-state index in [0.29, 0.717) is 0 Å². The third kappa shape index (κ3) is 2.96. The molecule has 17 heavy (non-hydrogen) atoms. The molecule has 0 atom stereocenters. The van der Waals surface area contributed by atoms with Gasteiger partial charge in [0.05, 0.1) is 5.69 Å². The standard InChI is InChI=1S/C13H16FNO2/c14-11-8-10(16)6-7-12(11)15-13(17)9-4-2-1-3-5-9/h6-9,16H,1-5H2,(H,15,17). The second kappa shape index (κ2) is 5.17. The molecule has 0 unspecified atom stereocenters. The zero-order chi connectivity index (χ0) is 12.3. The van der Waals surface area contributed by atoms with Crippen LogP contribution in [0.1, 0.15) is 32.1 Å². The minimum absolute atomic E-state index is 0.00282. The number of hydrogen-bond donors (Lipinski definition) is 2. The molecule has 0 saturated heterocycles. The summed E-state index contributed by atoms with van der Waals surface area (Å²) in [5, 5.41) is 11.6. The molecular weight excluding hydrogens is 221 g/mol. The van der Waals surface area contributed by atoms with Gasteiger partial charge in [0.1, 0.15) is 11.6 Å². The Labute approximate surface area is 99.7 Å². The lowest BCUT2D eigenvalue weighted by atomic mass is 9.88. The summed E-state index contributed by atoms with van der Waals surface area (Å²) < 4.78 is 13.4. The Morgan fingerprint density at radius 1 is 1.29 bits per heavy atom. The first-order chi connectivity index (χ1) is 8.16. The molecular formula is C13H16FNO2. The fourth-order valence-electron chi connectivity index (χ4n) is 2.20. The predicted octanol–water partition coefficient (Wildman–Crippen LogP) is 3.05. The van der Waals surface area contributed by atoms with E-state index < -0.39 is 5.82 Å². The minimum atomic E-state index is -0.603. The van der Waals surface area contributed by atoms with Crippen molar-refractivity contribution < 1.29 is 14.3 Å². The van der Waals surface area contributed by atoms with Crippen LogP contribution in [0.3, 0.4) is 0 Å². The molecule has 4 heteroatoms. The number of amides is 1. The molecule has 1 saturated carbocycles. The van der Waals surface area contributed by atoms with E-state index in [-0.39, 0.29) is 23.3 Å². The molecule has 0 heterocycles. The molecule has 0 radical (unpaired) electrons. The van der Waals surface area contributed by atoms with E-state index in [9.17, 15) is 9.18 Å². The number of halogens is 1. The van der Waals surface area contributed by atoms with Crippen LogP contribution in [0.5, 0.6) is 5.75 Å². The zero-order valence-corrected chi connectivity index (χ0v) is 9.58. The van der Waals surface area contributed by atoms with Gasteiger partial charge in [-0.25, -0.2) is 4.39 Å². The van der Waals surface area contributed by atoms with E-state index >= 15 is 0 Å². The van der Waals surface area contributed by atoms with Gasteiger partial charge in [-0.1, -0.05) is 19.3 Å². The van der Waals surface area contributed by atoms with E-state index in [1.807, 2.05) is 0 Å². The van der Waals surface area contributed by atoms with Gasteiger partial charge in [-0.2, -0.15) is 0 Å². The Morgan fingerprint density at radius 3 is 2.65 bits per heavy atom. The highest BCUT2D eigenvalue weighted by atomic mass is 19.1. The van der Waals surface area contributed by atoms with Gasteiger partial charge < -0.3 is 10.4 Å². The summed E-state index contributed by atoms with van der Waals surface area (Å²) in [5.74, 6) is -0.862. The first kappa shape index (κ1) is 11.9. The lowest BCUT2D eigenvalue weighted by molar-refractivity contribution is -0.120. The van der Waals surface area contributed by atoms with Gasteiger partial charge in [0, 0.05) is 12.0 Å². The molecule has 1 aliphatic rings. The van der Waals surface area contributed by atoms with Crippen molar-refractivity contribution in [2.75, 3.05) is 5.32 Å². The van der Waals surface area contributed by atoms with Crippen molar-refractivity contribution in [3.8, 4) is 5.75 Å². The molecule has 0 bridgehead atoms. The van der Waals surface area contributed by atoms with Crippen molar-refractivity contribution in [2.45, 2.75) is 32.1 Å². The number of rotatable bonds is 2. The Hall–Kier alpha value is -1.58. The first-order valence-electron chi connectivity index (χ1n) is 5.96. The van der Waals surface area contributed by atoms with Crippen molar-refractivity contribution in [2.24, 2.45) is 5.92 Å². The lowest BCUT2D eigenvalue weighted by Crippen LogP contribution is -2.25. The van der Waals surface area contributed by atoms with Crippen LogP contribution in [0.4, 0.5) is 10.1 Å². The molecule has 1 aromatic carbocycles. The van der Waals surface area contributed by atoms with Crippen LogP contribution in [-0.4, -0.2) is 11.0 Å². The number of phenolic OH excluding ortho intramolecular Hbond substituents is 1. The van der Waals surface area contributed by atoms with Crippen LogP contribution >= 0.6 is 0 Å². The van der Waals surface area contributed by atoms with Crippen LogP contribution in [0.15, 0.2) is 18.2 Å². The van der Waals surface area contributed by atoms with Crippen LogP contribution < -0.4 is 5.32 Å². The quantitative estimate of drug-likeness (QED) is 0.777. The fraction of sp³-hybridized carbons (Fsp3) is 0.462. The Balaban J connectivity index is 2.02. The molecule has 2 N–H and O–H groups in total. The van der Waals surface area contributed by atoms with Gasteiger partial charge in [-0.3, -0.25) is 4.79 Å². The maximum Gasteiger partial charge on any atom is 0.227 e. The summed E-state index contributed by atoms with van der Waals surface area (Å²) >= 11 is 0. The highest BCUT2D eigenvalue weighted by Gasteiger charge is 2.21. The van der Waals surface area contributed by atoms with Gasteiger partial charge in [0.25, 0.3) is 0 Å². The topological polar surface area (TPSA) is 49.3 Å². The molecule has 1 amide bonds. The van der Waals surface area contributed by atoms with Gasteiger partial charge >= 0.3 is 0 Å². The normalized spacial score (nSPS) is 16.8. The summed E-state index contributed by atoms with van der Waals surface area (Å²) in [6, 6.07) is 3.74. The lowest BCUT2D eigenvalue weighted by Gasteiger charge is -2.20. The number of aromatic hydroxyl groups is 1. The summed E-state index contributed by atoms with van der Waals surface area (Å²) in [6.07, 6.45) is 5.07. The molecule has 1 aliphatic carbocycles. The molecule has 0 aromatic heterocycles. The third-order valence-corrected chi connectivity index (χ3v) is 3.19. The average Bonchev–Trinajstić information content (AvgIpc) is 2.34. The minimum Gasteiger partial charge on any atom is -0.508 e. The molecule has 92 valence electrons. The SMILES string of the molecule is O=C(Nc1ccc(O)cc1F)C1CCCCC1. The molecule has 0 spiro atoms. The van der Waals surface area contributed by atoms with E-state index in [1.54, 1.807) is 0 Å². The summed E-state index contributed by atoms with van der Waals surface area (Å²) in [7, 11) is 0. The summed E-state index contributed by atoms with van der Waals surface area (Å²) in [5.41, 5.74) is 0.137. The fourth-order valence-corrected chi connectivity index (χ4v) is 2.20. The number of carbonyl (C=O) groups is 1. The maximum atomic E-state index is 13.4. The van der Waals surface area contributed by atoms with Crippen LogP contribution in [0, 0.1) is 11.7 Å². The number of phenols is 1. The highest BCUT2D eigenvalue weighted by molar-refractivity contribution is 5.92. The van der Waals surface area contributed by atoms with E-state index in [2.05, 4.69) is 5.32 Å². The Morgan fingerprint density at radius 2 is 2.00 bits per heavy atom. The van der Waals surface area contributed by atoms with Gasteiger partial charge in [0.2, 0.25) is 5.91 Å². The number of anilines is 1. The largest absolute Gasteiger partial charge is 0.508 e. The maximum absolute atomic E-state index is 13.4. The third-order valence-electron chi connectivity index (χ3n) is 3.19. The average molecular weight is 237 g/mol. The summed E-state index contributed by atoms with van der Waals surface area (Å²) in [6.45, 7) is 0. The van der Waals surface area contributed by atoms with Gasteiger partial charge in [-0.15, -0.1) is 0 Å². The number of hydrogen-bond acceptors (Lipinski definition) is 2. The van der Waals surface area contributed by atoms with Crippen LogP contribution in [0.2, 0.25) is 0 Å². The number of carbonyl (C=O) groups excluding carboxylic acids is 1. The molecule has 3 nitrogen and oxygen atoms in total. The van der Waals surface area contributed by atoms with Crippen molar-refractivity contribution in [1.29, 1.82) is 0 Å². The predicted molar refractivity (Wildman–Crippen MR) is 63.3 cm³/mol. The Kier molecular flexibility index (Phi) is 3.61. The van der Waals surface area contributed by atoms with Crippen molar-refractivity contribution in [1.82, 2.24) is 0 Å². The van der Waals surface area contributed by atoms with Gasteiger partial charge in [-0.05, 0) is 25.0 Å². The van der Waals surface area contributed by atoms with Crippen molar-refractivity contribution in [3.63, 3.8) is 0 Å². The van der Waals surface area contributed by atoms with Crippen molar-refractivity contribution >= 4 is 11.6 Å². The van der Waals surface area contributed by atoms with E-state index in [1.165, 1.54) is 18.6 Å².